The van der Waals surface area contributed by atoms with Crippen LogP contribution in [0.3, 0.4) is 0 Å². The van der Waals surface area contributed by atoms with E-state index < -0.39 is 0 Å². The van der Waals surface area contributed by atoms with E-state index in [1.54, 1.807) is 0 Å². The molecule has 0 saturated carbocycles. The first kappa shape index (κ1) is 18.0. The standard InChI is InChI=1S/C21H28N4O2/c1-15-12-24(13-16(2)27-15)21(26)23-19-9-6-10-20-18(19)11-22-25(20)14-17-7-4-3-5-8-17/h3-5,7-8,11,15-16,19H,6,9-10,12-14H2,1-2H3,(H,23,26). The van der Waals surface area contributed by atoms with Gasteiger partial charge in [-0.2, -0.15) is 5.10 Å². The van der Waals surface area contributed by atoms with E-state index in [9.17, 15) is 4.79 Å². The van der Waals surface area contributed by atoms with Crippen molar-refractivity contribution in [3.05, 3.63) is 53.3 Å². The number of hydrogen-bond acceptors (Lipinski definition) is 3. The second-order valence-electron chi connectivity index (χ2n) is 7.75. The van der Waals surface area contributed by atoms with Gasteiger partial charge in [-0.15, -0.1) is 0 Å². The molecule has 1 fully saturated rings. The third-order valence-electron chi connectivity index (χ3n) is 5.44. The van der Waals surface area contributed by atoms with E-state index in [0.29, 0.717) is 13.1 Å². The molecule has 2 aromatic rings. The van der Waals surface area contributed by atoms with Crippen LogP contribution in [0, 0.1) is 0 Å². The molecule has 6 heteroatoms. The van der Waals surface area contributed by atoms with Crippen LogP contribution in [-0.4, -0.2) is 46.0 Å². The van der Waals surface area contributed by atoms with Crippen molar-refractivity contribution in [3.63, 3.8) is 0 Å². The normalized spacial score (nSPS) is 25.1. The summed E-state index contributed by atoms with van der Waals surface area (Å²) >= 11 is 0. The molecule has 1 aromatic heterocycles. The monoisotopic (exact) mass is 368 g/mol. The topological polar surface area (TPSA) is 59.4 Å². The maximum absolute atomic E-state index is 12.8. The van der Waals surface area contributed by atoms with Crippen LogP contribution in [0.4, 0.5) is 4.79 Å². The molecule has 1 saturated heterocycles. The molecule has 3 atom stereocenters. The quantitative estimate of drug-likeness (QED) is 0.905. The number of aromatic nitrogens is 2. The highest BCUT2D eigenvalue weighted by Gasteiger charge is 2.30. The zero-order chi connectivity index (χ0) is 18.8. The molecule has 4 rings (SSSR count). The van der Waals surface area contributed by atoms with Crippen LogP contribution in [0.5, 0.6) is 0 Å². The molecule has 144 valence electrons. The summed E-state index contributed by atoms with van der Waals surface area (Å²) in [5.74, 6) is 0. The van der Waals surface area contributed by atoms with Crippen molar-refractivity contribution in [1.82, 2.24) is 20.0 Å². The van der Waals surface area contributed by atoms with Crippen molar-refractivity contribution in [2.75, 3.05) is 13.1 Å². The summed E-state index contributed by atoms with van der Waals surface area (Å²) < 4.78 is 7.82. The van der Waals surface area contributed by atoms with E-state index >= 15 is 0 Å². The highest BCUT2D eigenvalue weighted by atomic mass is 16.5. The number of hydrogen-bond donors (Lipinski definition) is 1. The average molecular weight is 368 g/mol. The maximum Gasteiger partial charge on any atom is 0.318 e. The number of carbonyl (C=O) groups excluding carboxylic acids is 1. The molecule has 2 amide bonds. The Hall–Kier alpha value is -2.34. The molecule has 0 bridgehead atoms. The molecule has 1 aliphatic carbocycles. The number of ether oxygens (including phenoxy) is 1. The predicted octanol–water partition coefficient (Wildman–Crippen LogP) is 3.13. The van der Waals surface area contributed by atoms with Gasteiger partial charge in [0.2, 0.25) is 0 Å². The molecule has 27 heavy (non-hydrogen) atoms. The average Bonchev–Trinajstić information content (AvgIpc) is 3.06. The summed E-state index contributed by atoms with van der Waals surface area (Å²) in [5.41, 5.74) is 3.66. The van der Waals surface area contributed by atoms with Gasteiger partial charge >= 0.3 is 6.03 Å². The Bertz CT molecular complexity index is 779. The fourth-order valence-corrected chi connectivity index (χ4v) is 4.25. The number of carbonyl (C=O) groups is 1. The lowest BCUT2D eigenvalue weighted by Gasteiger charge is -2.36. The van der Waals surface area contributed by atoms with Crippen molar-refractivity contribution >= 4 is 6.03 Å². The minimum atomic E-state index is 0.00524. The first-order valence-electron chi connectivity index (χ1n) is 9.89. The fraction of sp³-hybridized carbons (Fsp3) is 0.524. The van der Waals surface area contributed by atoms with Gasteiger partial charge in [-0.3, -0.25) is 4.68 Å². The first-order valence-corrected chi connectivity index (χ1v) is 9.89. The zero-order valence-electron chi connectivity index (χ0n) is 16.1. The van der Waals surface area contributed by atoms with E-state index in [4.69, 9.17) is 4.74 Å². The van der Waals surface area contributed by atoms with Gasteiger partial charge in [0, 0.05) is 24.3 Å². The van der Waals surface area contributed by atoms with Gasteiger partial charge in [-0.25, -0.2) is 4.79 Å². The van der Waals surface area contributed by atoms with Crippen molar-refractivity contribution in [2.45, 2.75) is 57.9 Å². The van der Waals surface area contributed by atoms with Crippen LogP contribution in [0.2, 0.25) is 0 Å². The number of nitrogens with zero attached hydrogens (tertiary/aromatic N) is 3. The zero-order valence-corrected chi connectivity index (χ0v) is 16.1. The Morgan fingerprint density at radius 1 is 1.22 bits per heavy atom. The maximum atomic E-state index is 12.8. The summed E-state index contributed by atoms with van der Waals surface area (Å²) in [5, 5.41) is 7.86. The van der Waals surface area contributed by atoms with E-state index in [-0.39, 0.29) is 24.3 Å². The van der Waals surface area contributed by atoms with Gasteiger partial charge in [0.1, 0.15) is 0 Å². The number of amides is 2. The lowest BCUT2D eigenvalue weighted by atomic mass is 9.93. The molecule has 2 aliphatic rings. The molecule has 3 unspecified atom stereocenters. The van der Waals surface area contributed by atoms with Crippen LogP contribution in [0.1, 0.15) is 49.6 Å². The van der Waals surface area contributed by atoms with E-state index in [1.165, 1.54) is 16.8 Å². The highest BCUT2D eigenvalue weighted by molar-refractivity contribution is 5.75. The number of urea groups is 1. The van der Waals surface area contributed by atoms with Gasteiger partial charge in [-0.1, -0.05) is 30.3 Å². The van der Waals surface area contributed by atoms with Crippen molar-refractivity contribution in [2.24, 2.45) is 0 Å². The molecule has 1 aliphatic heterocycles. The lowest BCUT2D eigenvalue weighted by molar-refractivity contribution is -0.0548. The Labute approximate surface area is 160 Å². The molecule has 0 spiro atoms. The van der Waals surface area contributed by atoms with Crippen LogP contribution >= 0.6 is 0 Å². The summed E-state index contributed by atoms with van der Waals surface area (Å²) in [7, 11) is 0. The molecule has 6 nitrogen and oxygen atoms in total. The van der Waals surface area contributed by atoms with E-state index in [0.717, 1.165) is 25.8 Å². The van der Waals surface area contributed by atoms with Crippen LogP contribution in [-0.2, 0) is 17.7 Å². The third kappa shape index (κ3) is 4.00. The number of benzene rings is 1. The van der Waals surface area contributed by atoms with Gasteiger partial charge in [0.15, 0.2) is 0 Å². The predicted molar refractivity (Wildman–Crippen MR) is 104 cm³/mol. The van der Waals surface area contributed by atoms with Crippen molar-refractivity contribution in [1.29, 1.82) is 0 Å². The Morgan fingerprint density at radius 2 is 1.96 bits per heavy atom. The third-order valence-corrected chi connectivity index (χ3v) is 5.44. The van der Waals surface area contributed by atoms with Crippen molar-refractivity contribution in [3.8, 4) is 0 Å². The van der Waals surface area contributed by atoms with E-state index in [1.807, 2.05) is 31.0 Å². The first-order chi connectivity index (χ1) is 13.1. The molecule has 1 N–H and O–H groups in total. The van der Waals surface area contributed by atoms with Crippen molar-refractivity contribution < 1.29 is 9.53 Å². The van der Waals surface area contributed by atoms with Crippen LogP contribution < -0.4 is 5.32 Å². The van der Waals surface area contributed by atoms with Gasteiger partial charge in [-0.05, 0) is 38.7 Å². The molecule has 2 heterocycles. The Balaban J connectivity index is 1.46. The minimum absolute atomic E-state index is 0.00524. The largest absolute Gasteiger partial charge is 0.372 e. The number of fused-ring (bicyclic) bond motifs is 1. The number of morpholine rings is 1. The number of rotatable bonds is 3. The second-order valence-corrected chi connectivity index (χ2v) is 7.75. The van der Waals surface area contributed by atoms with E-state index in [2.05, 4.69) is 39.4 Å². The minimum Gasteiger partial charge on any atom is -0.372 e. The Kier molecular flexibility index (Phi) is 5.16. The van der Waals surface area contributed by atoms with Crippen LogP contribution in [0.25, 0.3) is 0 Å². The molecule has 0 radical (unpaired) electrons. The molecular weight excluding hydrogens is 340 g/mol. The molecular formula is C21H28N4O2. The van der Waals surface area contributed by atoms with Gasteiger partial charge < -0.3 is 15.0 Å². The summed E-state index contributed by atoms with van der Waals surface area (Å²) in [6.07, 6.45) is 5.14. The SMILES string of the molecule is CC1CN(C(=O)NC2CCCc3c2cnn3Cc2ccccc2)CC(C)O1. The van der Waals surface area contributed by atoms with Crippen LogP contribution in [0.15, 0.2) is 36.5 Å². The summed E-state index contributed by atoms with van der Waals surface area (Å²) in [6, 6.07) is 10.4. The number of nitrogens with one attached hydrogen (secondary N) is 1. The lowest BCUT2D eigenvalue weighted by Crippen LogP contribution is -2.52. The second kappa shape index (κ2) is 7.72. The van der Waals surface area contributed by atoms with Gasteiger partial charge in [0.25, 0.3) is 0 Å². The van der Waals surface area contributed by atoms with Gasteiger partial charge in [0.05, 0.1) is 31.0 Å². The Morgan fingerprint density at radius 3 is 2.70 bits per heavy atom. The molecule has 1 aromatic carbocycles. The summed E-state index contributed by atoms with van der Waals surface area (Å²) in [4.78, 5) is 14.7. The highest BCUT2D eigenvalue weighted by Crippen LogP contribution is 2.30. The fourth-order valence-electron chi connectivity index (χ4n) is 4.25. The summed E-state index contributed by atoms with van der Waals surface area (Å²) in [6.45, 7) is 6.09. The smallest absolute Gasteiger partial charge is 0.318 e.